The Hall–Kier alpha value is -3.81. The molecule has 0 aromatic heterocycles. The van der Waals surface area contributed by atoms with E-state index in [0.717, 1.165) is 22.7 Å². The molecule has 0 saturated carbocycles. The molecule has 3 aliphatic rings. The molecule has 0 aliphatic carbocycles. The van der Waals surface area contributed by atoms with Gasteiger partial charge >= 0.3 is 6.03 Å². The van der Waals surface area contributed by atoms with E-state index in [0.29, 0.717) is 18.9 Å². The van der Waals surface area contributed by atoms with Crippen LogP contribution < -0.4 is 9.64 Å². The van der Waals surface area contributed by atoms with E-state index in [1.54, 1.807) is 19.1 Å². The molecule has 1 saturated heterocycles. The molecule has 2 aromatic rings. The molecule has 1 fully saturated rings. The van der Waals surface area contributed by atoms with Crippen molar-refractivity contribution in [2.75, 3.05) is 25.6 Å². The Morgan fingerprint density at radius 3 is 2.41 bits per heavy atom. The number of anilines is 1. The number of nitrogens with zero attached hydrogens (tertiary/aromatic N) is 5. The molecule has 164 valence electrons. The Labute approximate surface area is 187 Å². The standard InChI is InChI=1S/C24H25N5O3/c1-4-14-27-22(30)20-21(26(2)24(27)31)25-23-28(20)15-19(16-8-6-5-7-9-16)29(23)17-10-12-18(32-3)13-11-17/h5-13,15,20-21H,4,14H2,1-3H3. The first-order valence-electron chi connectivity index (χ1n) is 10.7. The van der Waals surface area contributed by atoms with Crippen LogP contribution in [0.4, 0.5) is 10.5 Å². The Balaban J connectivity index is 1.60. The second-order valence-corrected chi connectivity index (χ2v) is 7.99. The molecule has 2 unspecified atom stereocenters. The van der Waals surface area contributed by atoms with Crippen molar-refractivity contribution in [1.29, 1.82) is 0 Å². The molecular weight excluding hydrogens is 406 g/mol. The summed E-state index contributed by atoms with van der Waals surface area (Å²) in [6.45, 7) is 2.35. The molecular formula is C24H25N5O3. The zero-order valence-corrected chi connectivity index (χ0v) is 18.3. The number of ether oxygens (including phenoxy) is 1. The summed E-state index contributed by atoms with van der Waals surface area (Å²) < 4.78 is 5.31. The van der Waals surface area contributed by atoms with E-state index in [9.17, 15) is 9.59 Å². The zero-order chi connectivity index (χ0) is 22.4. The molecule has 3 aliphatic heterocycles. The van der Waals surface area contributed by atoms with Crippen LogP contribution >= 0.6 is 0 Å². The number of benzene rings is 2. The first kappa shape index (κ1) is 20.1. The van der Waals surface area contributed by atoms with Crippen LogP contribution in [-0.4, -0.2) is 65.5 Å². The molecule has 0 spiro atoms. The number of guanidine groups is 1. The van der Waals surface area contributed by atoms with E-state index in [1.807, 2.05) is 77.5 Å². The fourth-order valence-corrected chi connectivity index (χ4v) is 4.46. The summed E-state index contributed by atoms with van der Waals surface area (Å²) in [6.07, 6.45) is 2.11. The van der Waals surface area contributed by atoms with Crippen molar-refractivity contribution in [3.63, 3.8) is 0 Å². The molecule has 0 N–H and O–H groups in total. The molecule has 5 rings (SSSR count). The van der Waals surface area contributed by atoms with E-state index in [4.69, 9.17) is 9.73 Å². The number of urea groups is 1. The Morgan fingerprint density at radius 1 is 1.03 bits per heavy atom. The predicted octanol–water partition coefficient (Wildman–Crippen LogP) is 3.18. The molecule has 3 heterocycles. The highest BCUT2D eigenvalue weighted by Gasteiger charge is 2.54. The van der Waals surface area contributed by atoms with Crippen LogP contribution in [-0.2, 0) is 4.79 Å². The van der Waals surface area contributed by atoms with Crippen molar-refractivity contribution < 1.29 is 14.3 Å². The third kappa shape index (κ3) is 2.94. The van der Waals surface area contributed by atoms with Crippen molar-refractivity contribution in [3.8, 4) is 5.75 Å². The van der Waals surface area contributed by atoms with Crippen LogP contribution in [0.3, 0.4) is 0 Å². The van der Waals surface area contributed by atoms with Crippen molar-refractivity contribution in [2.45, 2.75) is 25.6 Å². The van der Waals surface area contributed by atoms with Gasteiger partial charge in [0.2, 0.25) is 5.96 Å². The van der Waals surface area contributed by atoms with Crippen molar-refractivity contribution in [1.82, 2.24) is 14.7 Å². The minimum Gasteiger partial charge on any atom is -0.497 e. The highest BCUT2D eigenvalue weighted by molar-refractivity contribution is 6.16. The van der Waals surface area contributed by atoms with Crippen LogP contribution in [0.1, 0.15) is 18.9 Å². The van der Waals surface area contributed by atoms with Gasteiger partial charge in [-0.05, 0) is 30.7 Å². The number of aliphatic imine (C=N–C) groups is 1. The van der Waals surface area contributed by atoms with E-state index in [2.05, 4.69) is 0 Å². The topological polar surface area (TPSA) is 68.7 Å². The largest absolute Gasteiger partial charge is 0.497 e. The first-order valence-corrected chi connectivity index (χ1v) is 10.7. The summed E-state index contributed by atoms with van der Waals surface area (Å²) in [7, 11) is 3.34. The number of amides is 3. The van der Waals surface area contributed by atoms with E-state index in [1.165, 1.54) is 4.90 Å². The van der Waals surface area contributed by atoms with Crippen LogP contribution in [0.25, 0.3) is 5.70 Å². The summed E-state index contributed by atoms with van der Waals surface area (Å²) in [5.74, 6) is 1.18. The van der Waals surface area contributed by atoms with Gasteiger partial charge in [-0.25, -0.2) is 9.79 Å². The summed E-state index contributed by atoms with van der Waals surface area (Å²) in [4.78, 5) is 37.9. The van der Waals surface area contributed by atoms with Gasteiger partial charge in [-0.1, -0.05) is 37.3 Å². The van der Waals surface area contributed by atoms with Crippen molar-refractivity contribution in [3.05, 3.63) is 66.4 Å². The molecule has 2 atom stereocenters. The lowest BCUT2D eigenvalue weighted by Crippen LogP contribution is -2.64. The van der Waals surface area contributed by atoms with Crippen molar-refractivity contribution in [2.24, 2.45) is 4.99 Å². The Morgan fingerprint density at radius 2 is 1.75 bits per heavy atom. The summed E-state index contributed by atoms with van der Waals surface area (Å²) >= 11 is 0. The lowest BCUT2D eigenvalue weighted by Gasteiger charge is -2.40. The average Bonchev–Trinajstić information content (AvgIpc) is 3.37. The predicted molar refractivity (Wildman–Crippen MR) is 122 cm³/mol. The molecule has 3 amide bonds. The quantitative estimate of drug-likeness (QED) is 0.727. The highest BCUT2D eigenvalue weighted by Crippen LogP contribution is 2.40. The van der Waals surface area contributed by atoms with Gasteiger partial charge in [0.15, 0.2) is 12.2 Å². The van der Waals surface area contributed by atoms with Gasteiger partial charge in [-0.15, -0.1) is 0 Å². The number of methoxy groups -OCH3 is 1. The van der Waals surface area contributed by atoms with E-state index in [-0.39, 0.29) is 11.9 Å². The summed E-state index contributed by atoms with van der Waals surface area (Å²) in [6, 6.07) is 16.8. The zero-order valence-electron chi connectivity index (χ0n) is 18.3. The van der Waals surface area contributed by atoms with Crippen molar-refractivity contribution >= 4 is 29.3 Å². The minimum absolute atomic E-state index is 0.209. The first-order chi connectivity index (χ1) is 15.5. The Bertz CT molecular complexity index is 1110. The number of carbonyl (C=O) groups is 2. The monoisotopic (exact) mass is 431 g/mol. The normalized spacial score (nSPS) is 22.1. The maximum atomic E-state index is 13.4. The van der Waals surface area contributed by atoms with Crippen LogP contribution in [0.5, 0.6) is 5.75 Å². The third-order valence-electron chi connectivity index (χ3n) is 6.06. The van der Waals surface area contributed by atoms with Gasteiger partial charge in [0.05, 0.1) is 12.8 Å². The number of carbonyl (C=O) groups excluding carboxylic acids is 2. The van der Waals surface area contributed by atoms with Crippen LogP contribution in [0, 0.1) is 0 Å². The van der Waals surface area contributed by atoms with Gasteiger partial charge in [0, 0.05) is 31.0 Å². The molecule has 32 heavy (non-hydrogen) atoms. The summed E-state index contributed by atoms with van der Waals surface area (Å²) in [5, 5.41) is 0. The average molecular weight is 431 g/mol. The SMILES string of the molecule is CCCN1C(=O)C2C(N=C3N(c4ccc(OC)cc4)C(c4ccccc4)=CN32)N(C)C1=O. The number of likely N-dealkylation sites (N-methyl/N-ethyl adjacent to an activating group) is 1. The van der Waals surface area contributed by atoms with E-state index < -0.39 is 12.2 Å². The molecule has 2 aromatic carbocycles. The number of rotatable bonds is 5. The molecule has 0 bridgehead atoms. The van der Waals surface area contributed by atoms with E-state index >= 15 is 0 Å². The summed E-state index contributed by atoms with van der Waals surface area (Å²) in [5.41, 5.74) is 2.82. The smallest absolute Gasteiger partial charge is 0.328 e. The van der Waals surface area contributed by atoms with Gasteiger partial charge < -0.3 is 9.64 Å². The van der Waals surface area contributed by atoms with Gasteiger partial charge in [-0.3, -0.25) is 19.5 Å². The maximum absolute atomic E-state index is 13.4. The minimum atomic E-state index is -0.582. The highest BCUT2D eigenvalue weighted by atomic mass is 16.5. The second-order valence-electron chi connectivity index (χ2n) is 7.99. The Kier molecular flexibility index (Phi) is 4.84. The molecule has 0 radical (unpaired) electrons. The maximum Gasteiger partial charge on any atom is 0.328 e. The lowest BCUT2D eigenvalue weighted by molar-refractivity contribution is -0.136. The second kappa shape index (κ2) is 7.71. The molecule has 8 heteroatoms. The number of fused-ring (bicyclic) bond motifs is 3. The number of hydrogen-bond acceptors (Lipinski definition) is 6. The number of hydrogen-bond donors (Lipinski definition) is 0. The van der Waals surface area contributed by atoms with Crippen LogP contribution in [0.15, 0.2) is 65.8 Å². The van der Waals surface area contributed by atoms with Gasteiger partial charge in [0.1, 0.15) is 5.75 Å². The number of imide groups is 1. The lowest BCUT2D eigenvalue weighted by atomic mass is 10.1. The fourth-order valence-electron chi connectivity index (χ4n) is 4.46. The van der Waals surface area contributed by atoms with Gasteiger partial charge in [0.25, 0.3) is 5.91 Å². The molecule has 8 nitrogen and oxygen atoms in total. The third-order valence-corrected chi connectivity index (χ3v) is 6.06. The van der Waals surface area contributed by atoms with Crippen LogP contribution in [0.2, 0.25) is 0 Å². The fraction of sp³-hybridized carbons (Fsp3) is 0.292. The van der Waals surface area contributed by atoms with Gasteiger partial charge in [-0.2, -0.15) is 0 Å².